The van der Waals surface area contributed by atoms with Gasteiger partial charge in [-0.05, 0) is 175 Å². The minimum absolute atomic E-state index is 0.260. The van der Waals surface area contributed by atoms with Crippen molar-refractivity contribution in [3.8, 4) is 55.9 Å². The third-order valence-corrected chi connectivity index (χ3v) is 17.9. The summed E-state index contributed by atoms with van der Waals surface area (Å²) in [4.78, 5) is 2.49. The Hall–Kier alpha value is -9.70. The van der Waals surface area contributed by atoms with E-state index in [2.05, 4.69) is 303 Å². The zero-order valence-electron chi connectivity index (χ0n) is 44.7. The van der Waals surface area contributed by atoms with Gasteiger partial charge < -0.3 is 14.0 Å². The number of hydrogen-bond donors (Lipinski definition) is 0. The van der Waals surface area contributed by atoms with Crippen molar-refractivity contribution >= 4 is 71.4 Å². The predicted molar refractivity (Wildman–Crippen MR) is 333 cm³/mol. The van der Waals surface area contributed by atoms with E-state index in [9.17, 15) is 0 Å². The van der Waals surface area contributed by atoms with Gasteiger partial charge in [-0.2, -0.15) is 0 Å². The molecular weight excluding hydrogens is 955 g/mol. The molecule has 2 aliphatic rings. The van der Waals surface area contributed by atoms with Crippen LogP contribution in [-0.4, -0.2) is 9.13 Å². The number of rotatable bonds is 7. The maximum Gasteiger partial charge on any atom is 0.0541 e. The van der Waals surface area contributed by atoms with Crippen LogP contribution in [0, 0.1) is 0 Å². The molecule has 0 saturated carbocycles. The van der Waals surface area contributed by atoms with Crippen molar-refractivity contribution in [1.29, 1.82) is 0 Å². The molecule has 0 bridgehead atoms. The van der Waals surface area contributed by atoms with Gasteiger partial charge in [-0.1, -0.05) is 191 Å². The lowest BCUT2D eigenvalue weighted by Gasteiger charge is -2.30. The average molecular weight is 1010 g/mol. The Bertz CT molecular complexity index is 4780. The van der Waals surface area contributed by atoms with Gasteiger partial charge in [0.15, 0.2) is 0 Å². The molecule has 2 aliphatic carbocycles. The highest BCUT2D eigenvalue weighted by Crippen LogP contribution is 2.54. The van der Waals surface area contributed by atoms with Crippen molar-refractivity contribution in [2.75, 3.05) is 4.90 Å². The van der Waals surface area contributed by atoms with Crippen LogP contribution in [-0.2, 0) is 10.8 Å². The molecular formula is C76H55N3. The molecule has 0 fully saturated rings. The first-order valence-electron chi connectivity index (χ1n) is 27.7. The zero-order valence-corrected chi connectivity index (χ0v) is 44.7. The molecule has 3 nitrogen and oxygen atoms in total. The molecule has 0 amide bonds. The van der Waals surface area contributed by atoms with Crippen molar-refractivity contribution in [2.45, 2.75) is 38.5 Å². The van der Waals surface area contributed by atoms with Gasteiger partial charge in [0.25, 0.3) is 0 Å². The van der Waals surface area contributed by atoms with E-state index in [1.54, 1.807) is 0 Å². The molecule has 374 valence electrons. The highest BCUT2D eigenvalue weighted by Gasteiger charge is 2.39. The lowest BCUT2D eigenvalue weighted by atomic mass is 9.81. The van der Waals surface area contributed by atoms with Gasteiger partial charge in [-0.15, -0.1) is 0 Å². The van der Waals surface area contributed by atoms with Gasteiger partial charge in [-0.3, -0.25) is 0 Å². The molecule has 12 aromatic carbocycles. The first kappa shape index (κ1) is 45.5. The van der Waals surface area contributed by atoms with E-state index >= 15 is 0 Å². The smallest absolute Gasteiger partial charge is 0.0541 e. The van der Waals surface area contributed by atoms with E-state index in [-0.39, 0.29) is 10.8 Å². The quantitative estimate of drug-likeness (QED) is 0.155. The average Bonchev–Trinajstić information content (AvgIpc) is 4.08. The number of hydrogen-bond acceptors (Lipinski definition) is 1. The molecule has 0 N–H and O–H groups in total. The number of anilines is 3. The number of aromatic nitrogens is 2. The Balaban J connectivity index is 0.801. The fourth-order valence-electron chi connectivity index (χ4n) is 14.0. The topological polar surface area (TPSA) is 13.1 Å². The Morgan fingerprint density at radius 1 is 0.266 bits per heavy atom. The van der Waals surface area contributed by atoms with Crippen LogP contribution >= 0.6 is 0 Å². The Labute approximate surface area is 460 Å². The Morgan fingerprint density at radius 3 is 1.33 bits per heavy atom. The van der Waals surface area contributed by atoms with Crippen LogP contribution in [0.4, 0.5) is 17.1 Å². The van der Waals surface area contributed by atoms with Gasteiger partial charge >= 0.3 is 0 Å². The first-order valence-corrected chi connectivity index (χ1v) is 27.7. The molecule has 0 saturated heterocycles. The summed E-state index contributed by atoms with van der Waals surface area (Å²) in [6.45, 7) is 9.64. The van der Waals surface area contributed by atoms with Gasteiger partial charge in [0.05, 0.1) is 22.1 Å². The summed E-state index contributed by atoms with van der Waals surface area (Å²) in [7, 11) is 0. The van der Waals surface area contributed by atoms with E-state index < -0.39 is 0 Å². The van der Waals surface area contributed by atoms with Gasteiger partial charge in [0.2, 0.25) is 0 Å². The van der Waals surface area contributed by atoms with E-state index in [1.165, 1.54) is 133 Å². The van der Waals surface area contributed by atoms with Gasteiger partial charge in [-0.25, -0.2) is 0 Å². The SMILES string of the molecule is CC1(C)c2cc(-c3ccc4c(c3)c3ccccc3n4-c3ccccc3)ccc2-c2ccc(N(c3ccc(-c4cccc5ccccc45)cc3)c3ccc4c(c3)C(C)(C)c3cc(-n5c6ccccc6c6ccccc65)ccc3-4)cc21. The van der Waals surface area contributed by atoms with Crippen LogP contribution in [0.3, 0.4) is 0 Å². The van der Waals surface area contributed by atoms with Crippen molar-refractivity contribution in [2.24, 2.45) is 0 Å². The van der Waals surface area contributed by atoms with E-state index in [0.717, 1.165) is 17.1 Å². The molecule has 79 heavy (non-hydrogen) atoms. The summed E-state index contributed by atoms with van der Waals surface area (Å²) in [5.74, 6) is 0. The third kappa shape index (κ3) is 6.72. The summed E-state index contributed by atoms with van der Waals surface area (Å²) in [6.07, 6.45) is 0. The standard InChI is InChI=1S/C76H55N3/c1-75(2)67-44-51(50-32-42-74-66(43-50)65-24-12-15-28-73(65)78(74)52-19-6-5-7-20-52)31-38-59(67)60-39-35-54(45-68(60)75)77(53-33-29-49(30-34-53)58-25-16-18-48-17-8-9-21-57(48)58)55-36-40-61-62-41-37-56(47-70(62)76(3,4)69(61)46-55)79-71-26-13-10-22-63(71)64-23-11-14-27-72(64)79/h5-47H,1-4H3. The van der Waals surface area contributed by atoms with Crippen LogP contribution in [0.1, 0.15) is 49.9 Å². The minimum atomic E-state index is -0.262. The van der Waals surface area contributed by atoms with Gasteiger partial charge in [0, 0.05) is 60.8 Å². The lowest BCUT2D eigenvalue weighted by molar-refractivity contribution is 0.659. The van der Waals surface area contributed by atoms with Crippen LogP contribution < -0.4 is 4.90 Å². The molecule has 0 unspecified atom stereocenters. The fraction of sp³-hybridized carbons (Fsp3) is 0.0789. The number of fused-ring (bicyclic) bond motifs is 13. The summed E-state index contributed by atoms with van der Waals surface area (Å²) in [5.41, 5.74) is 25.6. The molecule has 2 heterocycles. The molecule has 14 aromatic rings. The largest absolute Gasteiger partial charge is 0.310 e. The highest BCUT2D eigenvalue weighted by atomic mass is 15.1. The van der Waals surface area contributed by atoms with Crippen molar-refractivity contribution in [1.82, 2.24) is 9.13 Å². The van der Waals surface area contributed by atoms with Crippen LogP contribution in [0.5, 0.6) is 0 Å². The second-order valence-electron chi connectivity index (χ2n) is 22.9. The van der Waals surface area contributed by atoms with E-state index in [4.69, 9.17) is 0 Å². The van der Waals surface area contributed by atoms with Crippen molar-refractivity contribution in [3.05, 3.63) is 283 Å². The van der Waals surface area contributed by atoms with Crippen LogP contribution in [0.25, 0.3) is 110 Å². The second kappa shape index (κ2) is 16.9. The van der Waals surface area contributed by atoms with Crippen molar-refractivity contribution in [3.63, 3.8) is 0 Å². The predicted octanol–water partition coefficient (Wildman–Crippen LogP) is 20.5. The van der Waals surface area contributed by atoms with E-state index in [0.29, 0.717) is 0 Å². The molecule has 0 spiro atoms. The molecule has 2 aromatic heterocycles. The number of benzene rings is 12. The van der Waals surface area contributed by atoms with Crippen molar-refractivity contribution < 1.29 is 0 Å². The van der Waals surface area contributed by atoms with Crippen LogP contribution in [0.2, 0.25) is 0 Å². The normalized spacial score (nSPS) is 13.8. The minimum Gasteiger partial charge on any atom is -0.310 e. The molecule has 0 radical (unpaired) electrons. The highest BCUT2D eigenvalue weighted by molar-refractivity contribution is 6.11. The summed E-state index contributed by atoms with van der Waals surface area (Å²) in [5, 5.41) is 7.58. The molecule has 0 aliphatic heterocycles. The number of nitrogens with zero attached hydrogens (tertiary/aromatic N) is 3. The fourth-order valence-corrected chi connectivity index (χ4v) is 14.0. The molecule has 3 heteroatoms. The third-order valence-electron chi connectivity index (χ3n) is 17.9. The first-order chi connectivity index (χ1) is 38.7. The monoisotopic (exact) mass is 1010 g/mol. The van der Waals surface area contributed by atoms with Gasteiger partial charge in [0.1, 0.15) is 0 Å². The number of para-hydroxylation sites is 4. The Kier molecular flexibility index (Phi) is 9.73. The second-order valence-corrected chi connectivity index (χ2v) is 22.9. The summed E-state index contributed by atoms with van der Waals surface area (Å²) < 4.78 is 4.84. The molecule has 0 atom stereocenters. The lowest BCUT2D eigenvalue weighted by Crippen LogP contribution is -2.18. The summed E-state index contributed by atoms with van der Waals surface area (Å²) in [6, 6.07) is 97.4. The zero-order chi connectivity index (χ0) is 52.7. The van der Waals surface area contributed by atoms with Crippen LogP contribution in [0.15, 0.2) is 261 Å². The van der Waals surface area contributed by atoms with E-state index in [1.807, 2.05) is 0 Å². The Morgan fingerprint density at radius 2 is 0.696 bits per heavy atom. The molecule has 16 rings (SSSR count). The maximum absolute atomic E-state index is 2.49. The summed E-state index contributed by atoms with van der Waals surface area (Å²) >= 11 is 0. The maximum atomic E-state index is 2.49.